The lowest BCUT2D eigenvalue weighted by Gasteiger charge is -2.27. The highest BCUT2D eigenvalue weighted by atomic mass is 16.2. The van der Waals surface area contributed by atoms with Crippen LogP contribution in [0.4, 0.5) is 5.69 Å². The van der Waals surface area contributed by atoms with Gasteiger partial charge in [-0.15, -0.1) is 0 Å². The fourth-order valence-corrected chi connectivity index (χ4v) is 2.07. The second kappa shape index (κ2) is 5.41. The molecule has 1 fully saturated rings. The third kappa shape index (κ3) is 2.60. The molecule has 0 unspecified atom stereocenters. The standard InChI is InChI=1S/C13H14N2O2/c16-10-14-12-7-3-2-6-11(12)13(17)15-8-4-1-5-9-15/h2-3,6-7H,1,4-5,8-9H2. The highest BCUT2D eigenvalue weighted by Crippen LogP contribution is 2.21. The zero-order chi connectivity index (χ0) is 12.1. The van der Waals surface area contributed by atoms with Gasteiger partial charge in [0.15, 0.2) is 0 Å². The van der Waals surface area contributed by atoms with Crippen LogP contribution in [0.5, 0.6) is 0 Å². The van der Waals surface area contributed by atoms with Gasteiger partial charge in [0, 0.05) is 13.1 Å². The lowest BCUT2D eigenvalue weighted by atomic mass is 10.1. The summed E-state index contributed by atoms with van der Waals surface area (Å²) in [6.45, 7) is 1.58. The Bertz CT molecular complexity index is 458. The van der Waals surface area contributed by atoms with E-state index in [1.165, 1.54) is 12.5 Å². The predicted molar refractivity (Wildman–Crippen MR) is 64.0 cm³/mol. The van der Waals surface area contributed by atoms with Crippen molar-refractivity contribution in [3.05, 3.63) is 29.8 Å². The Labute approximate surface area is 100.0 Å². The molecule has 1 aliphatic rings. The highest BCUT2D eigenvalue weighted by molar-refractivity contribution is 5.99. The summed E-state index contributed by atoms with van der Waals surface area (Å²) in [4.78, 5) is 27.9. The van der Waals surface area contributed by atoms with Gasteiger partial charge in [-0.2, -0.15) is 4.99 Å². The summed E-state index contributed by atoms with van der Waals surface area (Å²) < 4.78 is 0. The van der Waals surface area contributed by atoms with Crippen molar-refractivity contribution in [3.63, 3.8) is 0 Å². The average Bonchev–Trinajstić information content (AvgIpc) is 2.40. The zero-order valence-corrected chi connectivity index (χ0v) is 9.56. The molecular formula is C13H14N2O2. The molecular weight excluding hydrogens is 216 g/mol. The molecule has 1 amide bonds. The van der Waals surface area contributed by atoms with Crippen LogP contribution in [0.1, 0.15) is 29.6 Å². The van der Waals surface area contributed by atoms with Crippen molar-refractivity contribution in [1.29, 1.82) is 0 Å². The van der Waals surface area contributed by atoms with Gasteiger partial charge in [-0.05, 0) is 31.4 Å². The molecule has 4 heteroatoms. The van der Waals surface area contributed by atoms with Crippen LogP contribution < -0.4 is 0 Å². The number of nitrogens with zero attached hydrogens (tertiary/aromatic N) is 2. The summed E-state index contributed by atoms with van der Waals surface area (Å²) in [7, 11) is 0. The van der Waals surface area contributed by atoms with Gasteiger partial charge in [0.25, 0.3) is 5.91 Å². The minimum Gasteiger partial charge on any atom is -0.339 e. The number of rotatable bonds is 2. The highest BCUT2D eigenvalue weighted by Gasteiger charge is 2.20. The Morgan fingerprint density at radius 3 is 2.59 bits per heavy atom. The van der Waals surface area contributed by atoms with Crippen molar-refractivity contribution in [1.82, 2.24) is 4.90 Å². The lowest BCUT2D eigenvalue weighted by molar-refractivity contribution is 0.0725. The second-order valence-electron chi connectivity index (χ2n) is 4.07. The fourth-order valence-electron chi connectivity index (χ4n) is 2.07. The Hall–Kier alpha value is -1.93. The van der Waals surface area contributed by atoms with Crippen LogP contribution in [0.3, 0.4) is 0 Å². The molecule has 0 spiro atoms. The molecule has 0 bridgehead atoms. The van der Waals surface area contributed by atoms with Gasteiger partial charge in [0.1, 0.15) is 0 Å². The first kappa shape index (κ1) is 11.6. The number of benzene rings is 1. The van der Waals surface area contributed by atoms with E-state index in [0.29, 0.717) is 11.3 Å². The number of piperidine rings is 1. The van der Waals surface area contributed by atoms with E-state index in [1.54, 1.807) is 24.3 Å². The van der Waals surface area contributed by atoms with E-state index < -0.39 is 0 Å². The van der Waals surface area contributed by atoms with Gasteiger partial charge >= 0.3 is 0 Å². The maximum absolute atomic E-state index is 12.2. The monoisotopic (exact) mass is 230 g/mol. The maximum atomic E-state index is 12.2. The first-order chi connectivity index (χ1) is 8.33. The number of hydrogen-bond donors (Lipinski definition) is 0. The molecule has 88 valence electrons. The molecule has 2 rings (SSSR count). The van der Waals surface area contributed by atoms with Crippen molar-refractivity contribution in [3.8, 4) is 0 Å². The third-order valence-corrected chi connectivity index (χ3v) is 2.94. The van der Waals surface area contributed by atoms with Crippen LogP contribution >= 0.6 is 0 Å². The lowest BCUT2D eigenvalue weighted by Crippen LogP contribution is -2.35. The van der Waals surface area contributed by atoms with Gasteiger partial charge in [-0.25, -0.2) is 4.79 Å². The SMILES string of the molecule is O=C=Nc1ccccc1C(=O)N1CCCCC1. The summed E-state index contributed by atoms with van der Waals surface area (Å²) in [5.41, 5.74) is 0.885. The Morgan fingerprint density at radius 2 is 1.88 bits per heavy atom. The minimum absolute atomic E-state index is 0.0423. The van der Waals surface area contributed by atoms with Crippen LogP contribution in [-0.2, 0) is 4.79 Å². The van der Waals surface area contributed by atoms with E-state index in [0.717, 1.165) is 25.9 Å². The summed E-state index contributed by atoms with van der Waals surface area (Å²) in [5.74, 6) is -0.0423. The van der Waals surface area contributed by atoms with E-state index >= 15 is 0 Å². The van der Waals surface area contributed by atoms with Gasteiger partial charge < -0.3 is 4.90 Å². The molecule has 0 N–H and O–H groups in total. The van der Waals surface area contributed by atoms with Crippen LogP contribution in [0.25, 0.3) is 0 Å². The first-order valence-corrected chi connectivity index (χ1v) is 5.79. The smallest absolute Gasteiger partial charge is 0.256 e. The van der Waals surface area contributed by atoms with Crippen LogP contribution in [0.2, 0.25) is 0 Å². The van der Waals surface area contributed by atoms with E-state index in [4.69, 9.17) is 0 Å². The molecule has 1 aromatic rings. The molecule has 0 saturated carbocycles. The number of likely N-dealkylation sites (tertiary alicyclic amines) is 1. The number of aliphatic imine (C=N–C) groups is 1. The summed E-state index contributed by atoms with van der Waals surface area (Å²) >= 11 is 0. The number of amides is 1. The Morgan fingerprint density at radius 1 is 1.18 bits per heavy atom. The molecule has 0 atom stereocenters. The molecule has 1 aromatic carbocycles. The second-order valence-corrected chi connectivity index (χ2v) is 4.07. The molecule has 0 aromatic heterocycles. The topological polar surface area (TPSA) is 49.7 Å². The number of isocyanates is 1. The van der Waals surface area contributed by atoms with E-state index in [9.17, 15) is 9.59 Å². The molecule has 1 saturated heterocycles. The number of para-hydroxylation sites is 1. The van der Waals surface area contributed by atoms with Crippen molar-refractivity contribution in [2.75, 3.05) is 13.1 Å². The number of hydrogen-bond acceptors (Lipinski definition) is 3. The molecule has 1 aliphatic heterocycles. The molecule has 4 nitrogen and oxygen atoms in total. The van der Waals surface area contributed by atoms with Crippen molar-refractivity contribution in [2.45, 2.75) is 19.3 Å². The van der Waals surface area contributed by atoms with Gasteiger partial charge in [-0.1, -0.05) is 12.1 Å². The quantitative estimate of drug-likeness (QED) is 0.578. The van der Waals surface area contributed by atoms with Crippen LogP contribution in [0.15, 0.2) is 29.3 Å². The van der Waals surface area contributed by atoms with Gasteiger partial charge in [0.2, 0.25) is 6.08 Å². The normalized spacial score (nSPS) is 15.2. The van der Waals surface area contributed by atoms with Crippen molar-refractivity contribution < 1.29 is 9.59 Å². The third-order valence-electron chi connectivity index (χ3n) is 2.94. The Kier molecular flexibility index (Phi) is 3.68. The van der Waals surface area contributed by atoms with Crippen LogP contribution in [-0.4, -0.2) is 30.0 Å². The van der Waals surface area contributed by atoms with E-state index in [2.05, 4.69) is 4.99 Å². The largest absolute Gasteiger partial charge is 0.339 e. The van der Waals surface area contributed by atoms with Crippen molar-refractivity contribution >= 4 is 17.7 Å². The summed E-state index contributed by atoms with van der Waals surface area (Å²) in [6, 6.07) is 6.89. The van der Waals surface area contributed by atoms with Crippen LogP contribution in [0, 0.1) is 0 Å². The molecule has 0 aliphatic carbocycles. The fraction of sp³-hybridized carbons (Fsp3) is 0.385. The van der Waals surface area contributed by atoms with Crippen molar-refractivity contribution in [2.24, 2.45) is 4.99 Å². The maximum Gasteiger partial charge on any atom is 0.256 e. The van der Waals surface area contributed by atoms with E-state index in [1.807, 2.05) is 4.90 Å². The van der Waals surface area contributed by atoms with Gasteiger partial charge in [-0.3, -0.25) is 4.79 Å². The molecule has 17 heavy (non-hydrogen) atoms. The zero-order valence-electron chi connectivity index (χ0n) is 9.56. The van der Waals surface area contributed by atoms with Gasteiger partial charge in [0.05, 0.1) is 11.3 Å². The number of carbonyl (C=O) groups excluding carboxylic acids is 2. The summed E-state index contributed by atoms with van der Waals surface area (Å²) in [5, 5.41) is 0. The molecule has 1 heterocycles. The minimum atomic E-state index is -0.0423. The molecule has 0 radical (unpaired) electrons. The first-order valence-electron chi connectivity index (χ1n) is 5.79. The number of carbonyl (C=O) groups is 1. The van der Waals surface area contributed by atoms with E-state index in [-0.39, 0.29) is 5.91 Å². The predicted octanol–water partition coefficient (Wildman–Crippen LogP) is 2.28. The average molecular weight is 230 g/mol. The Balaban J connectivity index is 2.26. The summed E-state index contributed by atoms with van der Waals surface area (Å²) in [6.07, 6.45) is 4.76.